The molecule has 0 aromatic carbocycles. The minimum atomic E-state index is -0.279. The van der Waals surface area contributed by atoms with Crippen LogP contribution in [0.25, 0.3) is 10.2 Å². The number of hydrogen-bond acceptors (Lipinski definition) is 6. The van der Waals surface area contributed by atoms with Crippen LogP contribution in [0.2, 0.25) is 0 Å². The van der Waals surface area contributed by atoms with Gasteiger partial charge in [0.1, 0.15) is 11.4 Å². The van der Waals surface area contributed by atoms with Crippen molar-refractivity contribution >= 4 is 33.5 Å². The molecule has 0 fully saturated rings. The largest absolute Gasteiger partial charge is 0.468 e. The molecule has 0 radical (unpaired) electrons. The molecule has 5 nitrogen and oxygen atoms in total. The maximum atomic E-state index is 11.4. The van der Waals surface area contributed by atoms with Crippen molar-refractivity contribution in [3.05, 3.63) is 17.6 Å². The molecule has 0 atom stereocenters. The maximum Gasteiger partial charge on any atom is 0.325 e. The Kier molecular flexibility index (Phi) is 4.09. The van der Waals surface area contributed by atoms with Crippen molar-refractivity contribution in [1.82, 2.24) is 9.97 Å². The van der Waals surface area contributed by atoms with E-state index in [-0.39, 0.29) is 12.5 Å². The zero-order chi connectivity index (χ0) is 13.0. The summed E-state index contributed by atoms with van der Waals surface area (Å²) in [5.41, 5.74) is 0. The van der Waals surface area contributed by atoms with E-state index in [9.17, 15) is 4.79 Å². The topological polar surface area (TPSA) is 55.3 Å². The molecule has 0 saturated carbocycles. The predicted molar refractivity (Wildman–Crippen MR) is 71.9 cm³/mol. The smallest absolute Gasteiger partial charge is 0.325 e. The third kappa shape index (κ3) is 2.76. The van der Waals surface area contributed by atoms with Gasteiger partial charge in [-0.3, -0.25) is 4.79 Å². The Morgan fingerprint density at radius 1 is 1.56 bits per heavy atom. The summed E-state index contributed by atoms with van der Waals surface area (Å²) < 4.78 is 4.69. The number of ether oxygens (including phenoxy) is 1. The number of hydrogen-bond donors (Lipinski definition) is 0. The van der Waals surface area contributed by atoms with Gasteiger partial charge in [0.25, 0.3) is 0 Å². The Balaban J connectivity index is 2.25. The first kappa shape index (κ1) is 12.8. The summed E-state index contributed by atoms with van der Waals surface area (Å²) in [7, 11) is 1.38. The normalized spacial score (nSPS) is 10.6. The van der Waals surface area contributed by atoms with Crippen LogP contribution in [-0.4, -0.2) is 36.1 Å². The number of nitrogens with zero attached hydrogens (tertiary/aromatic N) is 3. The molecule has 0 amide bonds. The quantitative estimate of drug-likeness (QED) is 0.775. The molecular formula is C12H15N3O2S. The fourth-order valence-corrected chi connectivity index (χ4v) is 2.37. The van der Waals surface area contributed by atoms with Crippen molar-refractivity contribution < 1.29 is 9.53 Å². The highest BCUT2D eigenvalue weighted by molar-refractivity contribution is 7.16. The van der Waals surface area contributed by atoms with Crippen LogP contribution in [0.15, 0.2) is 17.6 Å². The molecule has 2 aromatic rings. The minimum absolute atomic E-state index is 0.182. The molecule has 0 saturated heterocycles. The van der Waals surface area contributed by atoms with Gasteiger partial charge >= 0.3 is 5.97 Å². The van der Waals surface area contributed by atoms with Crippen molar-refractivity contribution in [2.24, 2.45) is 0 Å². The summed E-state index contributed by atoms with van der Waals surface area (Å²) in [6.45, 7) is 2.96. The van der Waals surface area contributed by atoms with Crippen molar-refractivity contribution in [3.8, 4) is 0 Å². The van der Waals surface area contributed by atoms with E-state index >= 15 is 0 Å². The second-order valence-corrected chi connectivity index (χ2v) is 4.74. The van der Waals surface area contributed by atoms with Crippen molar-refractivity contribution in [1.29, 1.82) is 0 Å². The van der Waals surface area contributed by atoms with Crippen LogP contribution >= 0.6 is 11.3 Å². The van der Waals surface area contributed by atoms with Crippen molar-refractivity contribution in [2.75, 3.05) is 25.1 Å². The number of fused-ring (bicyclic) bond motifs is 1. The summed E-state index contributed by atoms with van der Waals surface area (Å²) in [6, 6.07) is 1.98. The zero-order valence-corrected chi connectivity index (χ0v) is 11.2. The standard InChI is InChI=1S/C12H15N3O2S/c1-3-5-15(8-10(16)17-2)12-13-7-9-4-6-18-11(9)14-12/h4,6-7H,3,5,8H2,1-2H3. The molecule has 0 aliphatic carbocycles. The number of thiophene rings is 1. The number of carbonyl (C=O) groups is 1. The van der Waals surface area contributed by atoms with E-state index < -0.39 is 0 Å². The molecule has 2 aromatic heterocycles. The van der Waals surface area contributed by atoms with Crippen LogP contribution in [-0.2, 0) is 9.53 Å². The predicted octanol–water partition coefficient (Wildman–Crippen LogP) is 2.08. The first-order chi connectivity index (χ1) is 8.74. The van der Waals surface area contributed by atoms with Gasteiger partial charge in [-0.15, -0.1) is 11.3 Å². The highest BCUT2D eigenvalue weighted by Crippen LogP contribution is 2.20. The average molecular weight is 265 g/mol. The monoisotopic (exact) mass is 265 g/mol. The SMILES string of the molecule is CCCN(CC(=O)OC)c1ncc2ccsc2n1. The molecular weight excluding hydrogens is 250 g/mol. The molecule has 0 bridgehead atoms. The first-order valence-corrected chi connectivity index (χ1v) is 6.64. The van der Waals surface area contributed by atoms with E-state index in [0.29, 0.717) is 5.95 Å². The third-order valence-corrected chi connectivity index (χ3v) is 3.34. The molecule has 0 N–H and O–H groups in total. The Bertz CT molecular complexity index is 541. The van der Waals surface area contributed by atoms with Gasteiger partial charge in [-0.05, 0) is 17.9 Å². The van der Waals surface area contributed by atoms with Gasteiger partial charge in [0, 0.05) is 18.1 Å². The molecule has 0 spiro atoms. The van der Waals surface area contributed by atoms with Gasteiger partial charge in [0.15, 0.2) is 0 Å². The second kappa shape index (κ2) is 5.77. The van der Waals surface area contributed by atoms with Gasteiger partial charge in [-0.1, -0.05) is 6.92 Å². The number of esters is 1. The van der Waals surface area contributed by atoms with E-state index in [1.165, 1.54) is 7.11 Å². The average Bonchev–Trinajstić information content (AvgIpc) is 2.85. The molecule has 2 heterocycles. The van der Waals surface area contributed by atoms with Crippen molar-refractivity contribution in [3.63, 3.8) is 0 Å². The van der Waals surface area contributed by atoms with Crippen LogP contribution < -0.4 is 4.90 Å². The van der Waals surface area contributed by atoms with Gasteiger partial charge in [0.2, 0.25) is 5.95 Å². The number of anilines is 1. The third-order valence-electron chi connectivity index (χ3n) is 2.52. The van der Waals surface area contributed by atoms with Gasteiger partial charge in [0.05, 0.1) is 7.11 Å². The molecule has 0 aliphatic heterocycles. The highest BCUT2D eigenvalue weighted by atomic mass is 32.1. The van der Waals surface area contributed by atoms with Crippen LogP contribution in [0.1, 0.15) is 13.3 Å². The number of methoxy groups -OCH3 is 1. The van der Waals surface area contributed by atoms with Gasteiger partial charge in [-0.25, -0.2) is 9.97 Å². The summed E-state index contributed by atoms with van der Waals surface area (Å²) in [5, 5.41) is 3.01. The van der Waals surface area contributed by atoms with Crippen LogP contribution in [0, 0.1) is 0 Å². The lowest BCUT2D eigenvalue weighted by Crippen LogP contribution is -2.32. The maximum absolute atomic E-state index is 11.4. The summed E-state index contributed by atoms with van der Waals surface area (Å²) in [6.07, 6.45) is 2.71. The minimum Gasteiger partial charge on any atom is -0.468 e. The van der Waals surface area contributed by atoms with Crippen LogP contribution in [0.4, 0.5) is 5.95 Å². The van der Waals surface area contributed by atoms with E-state index in [4.69, 9.17) is 0 Å². The first-order valence-electron chi connectivity index (χ1n) is 5.76. The highest BCUT2D eigenvalue weighted by Gasteiger charge is 2.14. The lowest BCUT2D eigenvalue weighted by molar-refractivity contribution is -0.138. The number of rotatable bonds is 5. The van der Waals surface area contributed by atoms with Gasteiger partial charge < -0.3 is 9.64 Å². The van der Waals surface area contributed by atoms with E-state index in [2.05, 4.69) is 14.7 Å². The van der Waals surface area contributed by atoms with E-state index in [1.807, 2.05) is 23.3 Å². The molecule has 96 valence electrons. The van der Waals surface area contributed by atoms with Crippen LogP contribution in [0.5, 0.6) is 0 Å². The fourth-order valence-electron chi connectivity index (χ4n) is 1.64. The molecule has 2 rings (SSSR count). The van der Waals surface area contributed by atoms with Gasteiger partial charge in [-0.2, -0.15) is 0 Å². The molecule has 0 aliphatic rings. The Morgan fingerprint density at radius 2 is 2.39 bits per heavy atom. The summed E-state index contributed by atoms with van der Waals surface area (Å²) >= 11 is 1.57. The lowest BCUT2D eigenvalue weighted by atomic mass is 10.4. The molecule has 18 heavy (non-hydrogen) atoms. The number of aromatic nitrogens is 2. The summed E-state index contributed by atoms with van der Waals surface area (Å²) in [5.74, 6) is 0.301. The molecule has 6 heteroatoms. The second-order valence-electron chi connectivity index (χ2n) is 3.85. The zero-order valence-electron chi connectivity index (χ0n) is 10.4. The number of carbonyl (C=O) groups excluding carboxylic acids is 1. The van der Waals surface area contributed by atoms with Crippen LogP contribution in [0.3, 0.4) is 0 Å². The van der Waals surface area contributed by atoms with Crippen molar-refractivity contribution in [2.45, 2.75) is 13.3 Å². The van der Waals surface area contributed by atoms with E-state index in [0.717, 1.165) is 23.2 Å². The summed E-state index contributed by atoms with van der Waals surface area (Å²) in [4.78, 5) is 22.9. The van der Waals surface area contributed by atoms with E-state index in [1.54, 1.807) is 17.5 Å². The Labute approximate surface area is 109 Å². The lowest BCUT2D eigenvalue weighted by Gasteiger charge is -2.20. The fraction of sp³-hybridized carbons (Fsp3) is 0.417. The molecule has 0 unspecified atom stereocenters. The Morgan fingerprint density at radius 3 is 3.11 bits per heavy atom. The Hall–Kier alpha value is -1.69.